The maximum absolute atomic E-state index is 12.1. The van der Waals surface area contributed by atoms with Crippen LogP contribution in [0.3, 0.4) is 0 Å². The first-order chi connectivity index (χ1) is 15.0. The topological polar surface area (TPSA) is 82.5 Å². The molecule has 1 amide bonds. The average molecular weight is 442 g/mol. The van der Waals surface area contributed by atoms with Gasteiger partial charge < -0.3 is 14.8 Å². The van der Waals surface area contributed by atoms with Crippen LogP contribution in [0.15, 0.2) is 59.4 Å². The van der Waals surface area contributed by atoms with Crippen LogP contribution in [-0.2, 0) is 11.3 Å². The molecule has 3 aromatic rings. The minimum Gasteiger partial charge on any atom is -0.494 e. The summed E-state index contributed by atoms with van der Waals surface area (Å²) in [4.78, 5) is 24.2. The van der Waals surface area contributed by atoms with Gasteiger partial charge in [-0.3, -0.25) is 9.59 Å². The molecule has 7 nitrogen and oxygen atoms in total. The standard InChI is InChI=1S/C23H24ClN3O4/c1-3-30-18-6-4-17(5-7-18)21-10-11-23(29)27(26-21)13-12-25-22(28)15-31-19-8-9-20(24)16(2)14-19/h4-11,14H,3,12-13,15H2,1-2H3,(H,25,28). The van der Waals surface area contributed by atoms with Crippen LogP contribution in [0.4, 0.5) is 0 Å². The number of rotatable bonds is 9. The van der Waals surface area contributed by atoms with Gasteiger partial charge in [-0.05, 0) is 67.9 Å². The lowest BCUT2D eigenvalue weighted by molar-refractivity contribution is -0.123. The zero-order valence-electron chi connectivity index (χ0n) is 17.4. The summed E-state index contributed by atoms with van der Waals surface area (Å²) in [6, 6.07) is 15.8. The first-order valence-corrected chi connectivity index (χ1v) is 10.3. The lowest BCUT2D eigenvalue weighted by Crippen LogP contribution is -2.34. The van der Waals surface area contributed by atoms with Crippen LogP contribution in [0.2, 0.25) is 5.02 Å². The van der Waals surface area contributed by atoms with E-state index in [0.717, 1.165) is 16.9 Å². The van der Waals surface area contributed by atoms with E-state index in [4.69, 9.17) is 21.1 Å². The lowest BCUT2D eigenvalue weighted by Gasteiger charge is -2.10. The predicted molar refractivity (Wildman–Crippen MR) is 120 cm³/mol. The van der Waals surface area contributed by atoms with Gasteiger partial charge in [-0.25, -0.2) is 4.68 Å². The van der Waals surface area contributed by atoms with Gasteiger partial charge in [0.25, 0.3) is 11.5 Å². The van der Waals surface area contributed by atoms with Crippen molar-refractivity contribution in [2.24, 2.45) is 0 Å². The van der Waals surface area contributed by atoms with E-state index in [0.29, 0.717) is 23.1 Å². The molecule has 0 bridgehead atoms. The third-order valence-corrected chi connectivity index (χ3v) is 4.90. The molecule has 0 aliphatic carbocycles. The van der Waals surface area contributed by atoms with Gasteiger partial charge in [0.1, 0.15) is 11.5 Å². The van der Waals surface area contributed by atoms with Crippen LogP contribution >= 0.6 is 11.6 Å². The van der Waals surface area contributed by atoms with Gasteiger partial charge in [0, 0.05) is 23.2 Å². The molecule has 0 saturated heterocycles. The molecule has 0 saturated carbocycles. The summed E-state index contributed by atoms with van der Waals surface area (Å²) in [5.41, 5.74) is 2.16. The summed E-state index contributed by atoms with van der Waals surface area (Å²) in [6.45, 7) is 4.75. The van der Waals surface area contributed by atoms with E-state index in [2.05, 4.69) is 10.4 Å². The van der Waals surface area contributed by atoms with E-state index in [1.165, 1.54) is 10.7 Å². The molecular weight excluding hydrogens is 418 g/mol. The lowest BCUT2D eigenvalue weighted by atomic mass is 10.1. The molecule has 0 fully saturated rings. The van der Waals surface area contributed by atoms with E-state index in [1.807, 2.05) is 38.1 Å². The van der Waals surface area contributed by atoms with E-state index >= 15 is 0 Å². The summed E-state index contributed by atoms with van der Waals surface area (Å²) in [7, 11) is 0. The van der Waals surface area contributed by atoms with Crippen LogP contribution < -0.4 is 20.3 Å². The molecule has 3 rings (SSSR count). The van der Waals surface area contributed by atoms with Crippen LogP contribution in [-0.4, -0.2) is 35.4 Å². The minimum atomic E-state index is -0.289. The van der Waals surface area contributed by atoms with Crippen molar-refractivity contribution in [2.75, 3.05) is 19.8 Å². The molecule has 0 atom stereocenters. The Labute approximate surface area is 185 Å². The first-order valence-electron chi connectivity index (χ1n) is 9.93. The highest BCUT2D eigenvalue weighted by Gasteiger charge is 2.07. The number of nitrogens with zero attached hydrogens (tertiary/aromatic N) is 2. The number of nitrogens with one attached hydrogen (secondary N) is 1. The molecule has 0 spiro atoms. The second-order valence-electron chi connectivity index (χ2n) is 6.79. The van der Waals surface area contributed by atoms with Crippen molar-refractivity contribution >= 4 is 17.5 Å². The van der Waals surface area contributed by atoms with Crippen molar-refractivity contribution in [2.45, 2.75) is 20.4 Å². The highest BCUT2D eigenvalue weighted by molar-refractivity contribution is 6.31. The SMILES string of the molecule is CCOc1ccc(-c2ccc(=O)n(CCNC(=O)COc3ccc(Cl)c(C)c3)n2)cc1. The number of carbonyl (C=O) groups excluding carboxylic acids is 1. The van der Waals surface area contributed by atoms with Crippen molar-refractivity contribution in [3.63, 3.8) is 0 Å². The van der Waals surface area contributed by atoms with Crippen LogP contribution in [0, 0.1) is 6.92 Å². The number of benzene rings is 2. The van der Waals surface area contributed by atoms with Crippen LogP contribution in [0.1, 0.15) is 12.5 Å². The Kier molecular flexibility index (Phi) is 7.67. The zero-order valence-corrected chi connectivity index (χ0v) is 18.2. The van der Waals surface area contributed by atoms with Gasteiger partial charge in [0.15, 0.2) is 6.61 Å². The summed E-state index contributed by atoms with van der Waals surface area (Å²) >= 11 is 5.98. The minimum absolute atomic E-state index is 0.129. The largest absolute Gasteiger partial charge is 0.494 e. The molecule has 162 valence electrons. The van der Waals surface area contributed by atoms with Crippen molar-refractivity contribution in [3.05, 3.63) is 75.5 Å². The molecule has 8 heteroatoms. The van der Waals surface area contributed by atoms with Gasteiger partial charge in [0.05, 0.1) is 18.8 Å². The molecule has 0 aliphatic rings. The van der Waals surface area contributed by atoms with Gasteiger partial charge in [-0.15, -0.1) is 0 Å². The second-order valence-corrected chi connectivity index (χ2v) is 7.19. The molecular formula is C23H24ClN3O4. The summed E-state index contributed by atoms with van der Waals surface area (Å²) in [5.74, 6) is 1.06. The third kappa shape index (κ3) is 6.33. The van der Waals surface area contributed by atoms with Crippen LogP contribution in [0.25, 0.3) is 11.3 Å². The van der Waals surface area contributed by atoms with E-state index < -0.39 is 0 Å². The molecule has 0 unspecified atom stereocenters. The molecule has 1 N–H and O–H groups in total. The van der Waals surface area contributed by atoms with Gasteiger partial charge in [-0.2, -0.15) is 5.10 Å². The number of aryl methyl sites for hydroxylation is 1. The van der Waals surface area contributed by atoms with Crippen molar-refractivity contribution < 1.29 is 14.3 Å². The van der Waals surface area contributed by atoms with Crippen molar-refractivity contribution in [1.29, 1.82) is 0 Å². The number of hydrogen-bond acceptors (Lipinski definition) is 5. The fourth-order valence-corrected chi connectivity index (χ4v) is 2.98. The molecule has 31 heavy (non-hydrogen) atoms. The number of aromatic nitrogens is 2. The summed E-state index contributed by atoms with van der Waals surface area (Å²) < 4.78 is 12.2. The molecule has 0 radical (unpaired) electrons. The number of carbonyl (C=O) groups is 1. The van der Waals surface area contributed by atoms with Gasteiger partial charge in [0.2, 0.25) is 0 Å². The fraction of sp³-hybridized carbons (Fsp3) is 0.261. The Balaban J connectivity index is 1.53. The average Bonchev–Trinajstić information content (AvgIpc) is 2.77. The summed E-state index contributed by atoms with van der Waals surface area (Å²) in [5, 5.41) is 7.76. The smallest absolute Gasteiger partial charge is 0.266 e. The number of amides is 1. The maximum Gasteiger partial charge on any atom is 0.266 e. The molecule has 1 aromatic heterocycles. The second kappa shape index (κ2) is 10.6. The van der Waals surface area contributed by atoms with Crippen LogP contribution in [0.5, 0.6) is 11.5 Å². The van der Waals surface area contributed by atoms with Gasteiger partial charge >= 0.3 is 0 Å². The quantitative estimate of drug-likeness (QED) is 0.549. The maximum atomic E-state index is 12.1. The summed E-state index contributed by atoms with van der Waals surface area (Å²) in [6.07, 6.45) is 0. The van der Waals surface area contributed by atoms with E-state index in [1.54, 1.807) is 24.3 Å². The van der Waals surface area contributed by atoms with E-state index in [-0.39, 0.29) is 31.2 Å². The normalized spacial score (nSPS) is 10.5. The monoisotopic (exact) mass is 441 g/mol. The van der Waals surface area contributed by atoms with Crippen molar-refractivity contribution in [3.8, 4) is 22.8 Å². The Morgan fingerprint density at radius 2 is 1.81 bits per heavy atom. The number of ether oxygens (including phenoxy) is 2. The third-order valence-electron chi connectivity index (χ3n) is 4.47. The number of halogens is 1. The molecule has 2 aromatic carbocycles. The van der Waals surface area contributed by atoms with Gasteiger partial charge in [-0.1, -0.05) is 11.6 Å². The predicted octanol–water partition coefficient (Wildman–Crippen LogP) is 3.47. The van der Waals surface area contributed by atoms with Crippen molar-refractivity contribution in [1.82, 2.24) is 15.1 Å². The Morgan fingerprint density at radius 3 is 2.52 bits per heavy atom. The Morgan fingerprint density at radius 1 is 1.06 bits per heavy atom. The highest BCUT2D eigenvalue weighted by atomic mass is 35.5. The number of hydrogen-bond donors (Lipinski definition) is 1. The fourth-order valence-electron chi connectivity index (χ4n) is 2.86. The Bertz CT molecular complexity index is 1100. The molecule has 0 aliphatic heterocycles. The highest BCUT2D eigenvalue weighted by Crippen LogP contribution is 2.21. The Hall–Kier alpha value is -3.32. The zero-order chi connectivity index (χ0) is 22.2. The molecule has 1 heterocycles. The van der Waals surface area contributed by atoms with E-state index in [9.17, 15) is 9.59 Å². The first kappa shape index (κ1) is 22.4.